The van der Waals surface area contributed by atoms with Gasteiger partial charge in [-0.25, -0.2) is 0 Å². The second kappa shape index (κ2) is 5.80. The number of hydrogen-bond acceptors (Lipinski definition) is 1. The molecule has 0 aromatic heterocycles. The van der Waals surface area contributed by atoms with Gasteiger partial charge >= 0.3 is 6.18 Å². The van der Waals surface area contributed by atoms with Gasteiger partial charge in [-0.05, 0) is 50.1 Å². The maximum Gasteiger partial charge on any atom is 0.416 e. The van der Waals surface area contributed by atoms with Crippen LogP contribution in [-0.4, -0.2) is 0 Å². The van der Waals surface area contributed by atoms with Crippen LogP contribution in [0.3, 0.4) is 0 Å². The summed E-state index contributed by atoms with van der Waals surface area (Å²) < 4.78 is 38.1. The van der Waals surface area contributed by atoms with Crippen LogP contribution < -0.4 is 5.32 Å². The van der Waals surface area contributed by atoms with Crippen molar-refractivity contribution in [2.24, 2.45) is 0 Å². The highest BCUT2D eigenvalue weighted by atomic mass is 19.4. The fourth-order valence-corrected chi connectivity index (χ4v) is 2.42. The predicted octanol–water partition coefficient (Wildman–Crippen LogP) is 5.50. The van der Waals surface area contributed by atoms with Gasteiger partial charge in [0.1, 0.15) is 0 Å². The van der Waals surface area contributed by atoms with E-state index in [-0.39, 0.29) is 6.04 Å². The molecule has 2 rings (SSSR count). The summed E-state index contributed by atoms with van der Waals surface area (Å²) in [6.07, 6.45) is -4.32. The summed E-state index contributed by atoms with van der Waals surface area (Å²) in [6.45, 7) is 5.96. The Balaban J connectivity index is 2.21. The SMILES string of the molecule is Cc1ccc(C(C)Nc2cccc(C(F)(F)F)c2)c(C)c1. The van der Waals surface area contributed by atoms with Crippen LogP contribution >= 0.6 is 0 Å². The van der Waals surface area contributed by atoms with Crippen molar-refractivity contribution in [1.29, 1.82) is 0 Å². The average Bonchev–Trinajstić information content (AvgIpc) is 2.37. The molecule has 0 saturated carbocycles. The molecule has 0 aliphatic carbocycles. The molecular weight excluding hydrogens is 275 g/mol. The lowest BCUT2D eigenvalue weighted by atomic mass is 10.00. The van der Waals surface area contributed by atoms with E-state index >= 15 is 0 Å². The van der Waals surface area contributed by atoms with Gasteiger partial charge in [0.15, 0.2) is 0 Å². The minimum atomic E-state index is -4.32. The van der Waals surface area contributed by atoms with Crippen LogP contribution in [0.1, 0.15) is 35.2 Å². The molecule has 1 nitrogen and oxygen atoms in total. The van der Waals surface area contributed by atoms with Crippen LogP contribution in [0.2, 0.25) is 0 Å². The van der Waals surface area contributed by atoms with E-state index in [1.165, 1.54) is 11.6 Å². The molecule has 1 N–H and O–H groups in total. The minimum Gasteiger partial charge on any atom is -0.378 e. The number of benzene rings is 2. The molecule has 0 spiro atoms. The van der Waals surface area contributed by atoms with Crippen molar-refractivity contribution in [2.45, 2.75) is 33.0 Å². The van der Waals surface area contributed by atoms with Gasteiger partial charge in [-0.2, -0.15) is 13.2 Å². The molecule has 0 bridgehead atoms. The van der Waals surface area contributed by atoms with E-state index in [9.17, 15) is 13.2 Å². The summed E-state index contributed by atoms with van der Waals surface area (Å²) in [7, 11) is 0. The molecule has 0 amide bonds. The van der Waals surface area contributed by atoms with Crippen molar-refractivity contribution >= 4 is 5.69 Å². The Morgan fingerprint density at radius 2 is 1.71 bits per heavy atom. The summed E-state index contributed by atoms with van der Waals surface area (Å²) >= 11 is 0. The molecule has 112 valence electrons. The van der Waals surface area contributed by atoms with Gasteiger partial charge in [-0.15, -0.1) is 0 Å². The average molecular weight is 293 g/mol. The molecule has 21 heavy (non-hydrogen) atoms. The summed E-state index contributed by atoms with van der Waals surface area (Å²) in [4.78, 5) is 0. The van der Waals surface area contributed by atoms with Crippen LogP contribution in [0.15, 0.2) is 42.5 Å². The van der Waals surface area contributed by atoms with Crippen molar-refractivity contribution in [3.05, 3.63) is 64.7 Å². The van der Waals surface area contributed by atoms with Gasteiger partial charge < -0.3 is 5.32 Å². The third-order valence-electron chi connectivity index (χ3n) is 3.46. The molecule has 2 aromatic rings. The van der Waals surface area contributed by atoms with Crippen molar-refractivity contribution in [3.63, 3.8) is 0 Å². The van der Waals surface area contributed by atoms with Crippen LogP contribution in [0, 0.1) is 13.8 Å². The zero-order chi connectivity index (χ0) is 15.6. The summed E-state index contributed by atoms with van der Waals surface area (Å²) in [5, 5.41) is 3.13. The monoisotopic (exact) mass is 293 g/mol. The Bertz CT molecular complexity index is 632. The maximum atomic E-state index is 12.7. The number of hydrogen-bond donors (Lipinski definition) is 1. The summed E-state index contributed by atoms with van der Waals surface area (Å²) in [5.74, 6) is 0. The Morgan fingerprint density at radius 3 is 2.33 bits per heavy atom. The molecule has 4 heteroatoms. The molecular formula is C17H18F3N. The van der Waals surface area contributed by atoms with Gasteiger partial charge in [0.25, 0.3) is 0 Å². The van der Waals surface area contributed by atoms with Gasteiger partial charge in [0.2, 0.25) is 0 Å². The fraction of sp³-hybridized carbons (Fsp3) is 0.294. The second-order valence-electron chi connectivity index (χ2n) is 5.30. The first-order valence-electron chi connectivity index (χ1n) is 6.78. The summed E-state index contributed by atoms with van der Waals surface area (Å²) in [6, 6.07) is 11.3. The van der Waals surface area contributed by atoms with Crippen LogP contribution in [0.4, 0.5) is 18.9 Å². The molecule has 0 saturated heterocycles. The van der Waals surface area contributed by atoms with Crippen LogP contribution in [0.25, 0.3) is 0 Å². The Hall–Kier alpha value is -1.97. The van der Waals surface area contributed by atoms with E-state index in [1.54, 1.807) is 6.07 Å². The highest BCUT2D eigenvalue weighted by Crippen LogP contribution is 2.31. The van der Waals surface area contributed by atoms with Gasteiger partial charge in [-0.3, -0.25) is 0 Å². The first kappa shape index (κ1) is 15.4. The topological polar surface area (TPSA) is 12.0 Å². The van der Waals surface area contributed by atoms with Crippen LogP contribution in [-0.2, 0) is 6.18 Å². The van der Waals surface area contributed by atoms with E-state index < -0.39 is 11.7 Å². The molecule has 0 radical (unpaired) electrons. The minimum absolute atomic E-state index is 0.0610. The third-order valence-corrected chi connectivity index (χ3v) is 3.46. The number of halogens is 3. The smallest absolute Gasteiger partial charge is 0.378 e. The highest BCUT2D eigenvalue weighted by molar-refractivity contribution is 5.49. The number of anilines is 1. The van der Waals surface area contributed by atoms with Gasteiger partial charge in [0, 0.05) is 11.7 Å². The third kappa shape index (κ3) is 3.78. The maximum absolute atomic E-state index is 12.7. The number of nitrogens with one attached hydrogen (secondary N) is 1. The largest absolute Gasteiger partial charge is 0.416 e. The van der Waals surface area contributed by atoms with E-state index in [0.29, 0.717) is 5.69 Å². The highest BCUT2D eigenvalue weighted by Gasteiger charge is 2.30. The quantitative estimate of drug-likeness (QED) is 0.788. The molecule has 0 aliphatic heterocycles. The normalized spacial score (nSPS) is 13.0. The first-order chi connectivity index (χ1) is 9.77. The van der Waals surface area contributed by atoms with E-state index in [4.69, 9.17) is 0 Å². The molecule has 1 unspecified atom stereocenters. The Kier molecular flexibility index (Phi) is 4.26. The zero-order valence-corrected chi connectivity index (χ0v) is 12.3. The molecule has 0 aliphatic rings. The van der Waals surface area contributed by atoms with Crippen molar-refractivity contribution in [1.82, 2.24) is 0 Å². The molecule has 2 aromatic carbocycles. The fourth-order valence-electron chi connectivity index (χ4n) is 2.42. The van der Waals surface area contributed by atoms with Crippen molar-refractivity contribution < 1.29 is 13.2 Å². The van der Waals surface area contributed by atoms with Crippen molar-refractivity contribution in [2.75, 3.05) is 5.32 Å². The van der Waals surface area contributed by atoms with E-state index in [0.717, 1.165) is 23.3 Å². The lowest BCUT2D eigenvalue weighted by Crippen LogP contribution is -2.10. The zero-order valence-electron chi connectivity index (χ0n) is 12.3. The van der Waals surface area contributed by atoms with Crippen molar-refractivity contribution in [3.8, 4) is 0 Å². The second-order valence-corrected chi connectivity index (χ2v) is 5.30. The number of rotatable bonds is 3. The number of alkyl halides is 3. The number of aryl methyl sites for hydroxylation is 2. The lowest BCUT2D eigenvalue weighted by Gasteiger charge is -2.19. The van der Waals surface area contributed by atoms with Gasteiger partial charge in [0.05, 0.1) is 5.56 Å². The molecule has 0 fully saturated rings. The molecule has 1 atom stereocenters. The van der Waals surface area contributed by atoms with E-state index in [1.807, 2.05) is 32.9 Å². The van der Waals surface area contributed by atoms with Crippen LogP contribution in [0.5, 0.6) is 0 Å². The standard InChI is InChI=1S/C17H18F3N/c1-11-7-8-16(12(2)9-11)13(3)21-15-6-4-5-14(10-15)17(18,19)20/h4-10,13,21H,1-3H3. The van der Waals surface area contributed by atoms with Gasteiger partial charge in [-0.1, -0.05) is 29.8 Å². The predicted molar refractivity (Wildman–Crippen MR) is 79.4 cm³/mol. The van der Waals surface area contributed by atoms with E-state index in [2.05, 4.69) is 11.4 Å². The molecule has 0 heterocycles. The Labute approximate surface area is 122 Å². The summed E-state index contributed by atoms with van der Waals surface area (Å²) in [5.41, 5.74) is 3.21. The lowest BCUT2D eigenvalue weighted by molar-refractivity contribution is -0.137. The first-order valence-corrected chi connectivity index (χ1v) is 6.78. The Morgan fingerprint density at radius 1 is 1.00 bits per heavy atom.